The van der Waals surface area contributed by atoms with Gasteiger partial charge in [0, 0.05) is 6.42 Å². The second-order valence-corrected chi connectivity index (χ2v) is 21.0. The van der Waals surface area contributed by atoms with Crippen LogP contribution in [0.25, 0.3) is 0 Å². The van der Waals surface area contributed by atoms with E-state index in [1.165, 1.54) is 205 Å². The molecule has 0 aromatic heterocycles. The van der Waals surface area contributed by atoms with Gasteiger partial charge < -0.3 is 28.8 Å². The molecule has 0 spiro atoms. The first kappa shape index (κ1) is 59.5. The number of hydrogen-bond donors (Lipinski definition) is 2. The standard InChI is InChI=1S/C51H105N2O6P/c1-6-8-10-12-14-15-16-17-18-19-20-21-22-23-24-25-26-27-28-29-30-31-32-33-34-35-36-37-38-39-41-43-45-51(55)52-49(50(54)44-42-40-13-11-9-7-2)48-59-60(56,57)58-47-46-53(3,4)5/h49-50,54H,6-48H2,1-5H3,(H-,52,55,56,57). The number of aliphatic hydroxyl groups excluding tert-OH is 1. The minimum Gasteiger partial charge on any atom is -0.756 e. The van der Waals surface area contributed by atoms with Gasteiger partial charge in [-0.15, -0.1) is 0 Å². The zero-order valence-electron chi connectivity index (χ0n) is 40.9. The van der Waals surface area contributed by atoms with Gasteiger partial charge in [0.1, 0.15) is 13.2 Å². The summed E-state index contributed by atoms with van der Waals surface area (Å²) in [6, 6.07) is -0.791. The Morgan fingerprint density at radius 1 is 0.517 bits per heavy atom. The Kier molecular flexibility index (Phi) is 43.4. The van der Waals surface area contributed by atoms with Crippen LogP contribution in [0, 0.1) is 0 Å². The fourth-order valence-electron chi connectivity index (χ4n) is 8.16. The normalized spacial score (nSPS) is 14.1. The van der Waals surface area contributed by atoms with Crippen molar-refractivity contribution >= 4 is 13.7 Å². The lowest BCUT2D eigenvalue weighted by atomic mass is 10.0. The second-order valence-electron chi connectivity index (χ2n) is 19.6. The van der Waals surface area contributed by atoms with Gasteiger partial charge in [-0.05, 0) is 12.8 Å². The minimum atomic E-state index is -4.55. The SMILES string of the molecule is CCCCCCCCCCCCCCCCCCCCCCCCCCCCCCCCCCC(=O)NC(COP(=O)([O-])OCC[N+](C)(C)C)C(O)CCCCCCCC. The lowest BCUT2D eigenvalue weighted by Crippen LogP contribution is -2.46. The summed E-state index contributed by atoms with van der Waals surface area (Å²) in [4.78, 5) is 25.2. The van der Waals surface area contributed by atoms with Crippen molar-refractivity contribution in [2.75, 3.05) is 40.9 Å². The molecular formula is C51H105N2O6P. The molecule has 0 rings (SSSR count). The van der Waals surface area contributed by atoms with E-state index in [-0.39, 0.29) is 19.1 Å². The molecule has 60 heavy (non-hydrogen) atoms. The highest BCUT2D eigenvalue weighted by atomic mass is 31.2. The number of carbonyl (C=O) groups excluding carboxylic acids is 1. The Morgan fingerprint density at radius 3 is 1.13 bits per heavy atom. The molecule has 8 nitrogen and oxygen atoms in total. The smallest absolute Gasteiger partial charge is 0.268 e. The van der Waals surface area contributed by atoms with Crippen molar-refractivity contribution in [3.05, 3.63) is 0 Å². The van der Waals surface area contributed by atoms with Crippen LogP contribution in [-0.4, -0.2) is 68.5 Å². The fraction of sp³-hybridized carbons (Fsp3) is 0.980. The average molecular weight is 873 g/mol. The van der Waals surface area contributed by atoms with Gasteiger partial charge in [-0.2, -0.15) is 0 Å². The predicted octanol–water partition coefficient (Wildman–Crippen LogP) is 14.7. The number of likely N-dealkylation sites (N-methyl/N-ethyl adjacent to an activating group) is 1. The van der Waals surface area contributed by atoms with Crippen LogP contribution in [0.2, 0.25) is 0 Å². The molecule has 360 valence electrons. The van der Waals surface area contributed by atoms with Crippen LogP contribution in [0.1, 0.15) is 271 Å². The highest BCUT2D eigenvalue weighted by Crippen LogP contribution is 2.38. The van der Waals surface area contributed by atoms with E-state index in [1.54, 1.807) is 0 Å². The number of rotatable bonds is 49. The van der Waals surface area contributed by atoms with Gasteiger partial charge in [0.25, 0.3) is 7.82 Å². The van der Waals surface area contributed by atoms with Gasteiger partial charge >= 0.3 is 0 Å². The molecule has 0 aliphatic heterocycles. The topological polar surface area (TPSA) is 108 Å². The first-order valence-corrected chi connectivity index (χ1v) is 27.8. The number of phosphoric acid groups is 1. The van der Waals surface area contributed by atoms with E-state index in [0.29, 0.717) is 23.9 Å². The van der Waals surface area contributed by atoms with E-state index in [4.69, 9.17) is 9.05 Å². The highest BCUT2D eigenvalue weighted by molar-refractivity contribution is 7.45. The fourth-order valence-corrected chi connectivity index (χ4v) is 8.88. The maximum Gasteiger partial charge on any atom is 0.268 e. The first-order chi connectivity index (χ1) is 29.0. The summed E-state index contributed by atoms with van der Waals surface area (Å²) in [6.45, 7) is 4.68. The number of quaternary nitrogens is 1. The van der Waals surface area contributed by atoms with Crippen LogP contribution in [0.15, 0.2) is 0 Å². The molecule has 0 saturated heterocycles. The number of nitrogens with one attached hydrogen (secondary N) is 1. The molecule has 0 radical (unpaired) electrons. The van der Waals surface area contributed by atoms with Crippen LogP contribution in [0.3, 0.4) is 0 Å². The van der Waals surface area contributed by atoms with Crippen molar-refractivity contribution in [2.45, 2.75) is 283 Å². The van der Waals surface area contributed by atoms with Gasteiger partial charge in [0.2, 0.25) is 5.91 Å². The quantitative estimate of drug-likeness (QED) is 0.0358. The molecule has 0 aromatic rings. The average Bonchev–Trinajstić information content (AvgIpc) is 3.20. The molecule has 2 N–H and O–H groups in total. The predicted molar refractivity (Wildman–Crippen MR) is 256 cm³/mol. The molecule has 0 bridgehead atoms. The third-order valence-corrected chi connectivity index (χ3v) is 13.3. The number of unbranched alkanes of at least 4 members (excludes halogenated alkanes) is 36. The Bertz CT molecular complexity index is 947. The summed E-state index contributed by atoms with van der Waals surface area (Å²) in [5.41, 5.74) is 0. The molecule has 0 fully saturated rings. The Morgan fingerprint density at radius 2 is 0.817 bits per heavy atom. The minimum absolute atomic E-state index is 0.0152. The summed E-state index contributed by atoms with van der Waals surface area (Å²) >= 11 is 0. The lowest BCUT2D eigenvalue weighted by Gasteiger charge is -2.30. The molecule has 0 aromatic carbocycles. The van der Waals surface area contributed by atoms with Crippen LogP contribution in [0.5, 0.6) is 0 Å². The third kappa shape index (κ3) is 45.5. The number of hydrogen-bond acceptors (Lipinski definition) is 6. The molecule has 9 heteroatoms. The number of amides is 1. The zero-order valence-corrected chi connectivity index (χ0v) is 41.8. The van der Waals surface area contributed by atoms with Gasteiger partial charge in [-0.25, -0.2) is 0 Å². The number of carbonyl (C=O) groups is 1. The van der Waals surface area contributed by atoms with Crippen molar-refractivity contribution in [1.82, 2.24) is 5.32 Å². The summed E-state index contributed by atoms with van der Waals surface area (Å²) < 4.78 is 23.2. The third-order valence-electron chi connectivity index (χ3n) is 12.3. The van der Waals surface area contributed by atoms with Crippen molar-refractivity contribution in [3.8, 4) is 0 Å². The van der Waals surface area contributed by atoms with Gasteiger partial charge in [0.15, 0.2) is 0 Å². The monoisotopic (exact) mass is 873 g/mol. The Balaban J connectivity index is 3.77. The maximum absolute atomic E-state index is 12.8. The number of nitrogens with zero attached hydrogens (tertiary/aromatic N) is 1. The molecule has 0 saturated carbocycles. The van der Waals surface area contributed by atoms with Crippen LogP contribution < -0.4 is 10.2 Å². The summed E-state index contributed by atoms with van der Waals surface area (Å²) in [5, 5.41) is 13.8. The van der Waals surface area contributed by atoms with Crippen molar-refractivity contribution in [2.24, 2.45) is 0 Å². The van der Waals surface area contributed by atoms with E-state index in [0.717, 1.165) is 38.5 Å². The van der Waals surface area contributed by atoms with Crippen LogP contribution in [-0.2, 0) is 18.4 Å². The largest absolute Gasteiger partial charge is 0.756 e. The van der Waals surface area contributed by atoms with Gasteiger partial charge in [-0.1, -0.05) is 251 Å². The molecule has 3 unspecified atom stereocenters. The maximum atomic E-state index is 12.8. The first-order valence-electron chi connectivity index (χ1n) is 26.4. The molecule has 1 amide bonds. The molecule has 0 aliphatic carbocycles. The van der Waals surface area contributed by atoms with Crippen molar-refractivity contribution in [3.63, 3.8) is 0 Å². The van der Waals surface area contributed by atoms with Crippen LogP contribution in [0.4, 0.5) is 0 Å². The highest BCUT2D eigenvalue weighted by Gasteiger charge is 2.24. The summed E-state index contributed by atoms with van der Waals surface area (Å²) in [7, 11) is 1.31. The van der Waals surface area contributed by atoms with Gasteiger partial charge in [0.05, 0.1) is 39.9 Å². The van der Waals surface area contributed by atoms with Gasteiger partial charge in [-0.3, -0.25) is 9.36 Å². The Labute approximate surface area is 374 Å². The van der Waals surface area contributed by atoms with E-state index < -0.39 is 20.0 Å². The number of aliphatic hydroxyl groups is 1. The molecule has 0 heterocycles. The number of phosphoric ester groups is 1. The van der Waals surface area contributed by atoms with Crippen LogP contribution >= 0.6 is 7.82 Å². The van der Waals surface area contributed by atoms with E-state index in [9.17, 15) is 19.4 Å². The molecule has 3 atom stereocenters. The van der Waals surface area contributed by atoms with E-state index >= 15 is 0 Å². The van der Waals surface area contributed by atoms with Crippen molar-refractivity contribution in [1.29, 1.82) is 0 Å². The zero-order chi connectivity index (χ0) is 44.3. The summed E-state index contributed by atoms with van der Waals surface area (Å²) in [5.74, 6) is -0.164. The second kappa shape index (κ2) is 43.7. The molecule has 0 aliphatic rings. The van der Waals surface area contributed by atoms with E-state index in [1.807, 2.05) is 21.1 Å². The summed E-state index contributed by atoms with van der Waals surface area (Å²) in [6.07, 6.45) is 50.5. The van der Waals surface area contributed by atoms with Crippen molar-refractivity contribution < 1.29 is 32.9 Å². The Hall–Kier alpha value is -0.500. The van der Waals surface area contributed by atoms with E-state index in [2.05, 4.69) is 19.2 Å². The lowest BCUT2D eigenvalue weighted by molar-refractivity contribution is -0.870. The molecular weight excluding hydrogens is 768 g/mol.